The maximum Gasteiger partial charge on any atom is 0.315 e. The van der Waals surface area contributed by atoms with E-state index in [0.29, 0.717) is 26.1 Å². The summed E-state index contributed by atoms with van der Waals surface area (Å²) in [6.45, 7) is 1.42. The molecule has 0 bridgehead atoms. The lowest BCUT2D eigenvalue weighted by atomic mass is 9.74. The molecule has 0 aromatic heterocycles. The highest BCUT2D eigenvalue weighted by molar-refractivity contribution is 5.78. The molecule has 1 saturated carbocycles. The van der Waals surface area contributed by atoms with Gasteiger partial charge in [0.1, 0.15) is 0 Å². The Morgan fingerprint density at radius 1 is 1.26 bits per heavy atom. The van der Waals surface area contributed by atoms with E-state index in [9.17, 15) is 14.7 Å². The Balaban J connectivity index is 1.81. The Morgan fingerprint density at radius 2 is 2.00 bits per heavy atom. The molecule has 19 heavy (non-hydrogen) atoms. The average Bonchev–Trinajstić information content (AvgIpc) is 2.90. The second-order valence-corrected chi connectivity index (χ2v) is 5.53. The number of nitrogens with one attached hydrogen (secondary N) is 2. The van der Waals surface area contributed by atoms with Gasteiger partial charge in [-0.05, 0) is 19.3 Å². The molecule has 108 valence electrons. The van der Waals surface area contributed by atoms with Gasteiger partial charge in [-0.25, -0.2) is 4.79 Å². The predicted octanol–water partition coefficient (Wildman–Crippen LogP) is 1.11. The van der Waals surface area contributed by atoms with Crippen molar-refractivity contribution in [1.82, 2.24) is 10.6 Å². The molecule has 2 fully saturated rings. The van der Waals surface area contributed by atoms with Crippen LogP contribution in [0.1, 0.15) is 38.5 Å². The van der Waals surface area contributed by atoms with Crippen LogP contribution in [0.2, 0.25) is 0 Å². The number of amides is 2. The summed E-state index contributed by atoms with van der Waals surface area (Å²) in [4.78, 5) is 23.2. The monoisotopic (exact) mass is 270 g/mol. The standard InChI is InChI=1S/C13H22N2O4/c16-11(17)13(5-2-1-3-6-13)9-14-12(18)15-10-4-7-19-8-10/h10H,1-9H2,(H,16,17)(H2,14,15,18). The molecule has 1 unspecified atom stereocenters. The van der Waals surface area contributed by atoms with Gasteiger partial charge in [-0.1, -0.05) is 19.3 Å². The first kappa shape index (κ1) is 14.1. The van der Waals surface area contributed by atoms with E-state index in [4.69, 9.17) is 4.74 Å². The molecule has 2 amide bonds. The van der Waals surface area contributed by atoms with Crippen LogP contribution < -0.4 is 10.6 Å². The molecular formula is C13H22N2O4. The van der Waals surface area contributed by atoms with Gasteiger partial charge in [-0.3, -0.25) is 4.79 Å². The van der Waals surface area contributed by atoms with Crippen LogP contribution in [0.3, 0.4) is 0 Å². The summed E-state index contributed by atoms with van der Waals surface area (Å²) < 4.78 is 5.17. The van der Waals surface area contributed by atoms with E-state index in [1.54, 1.807) is 0 Å². The minimum atomic E-state index is -0.795. The molecule has 2 aliphatic rings. The molecule has 2 rings (SSSR count). The summed E-state index contributed by atoms with van der Waals surface area (Å²) in [7, 11) is 0. The number of hydrogen-bond acceptors (Lipinski definition) is 3. The van der Waals surface area contributed by atoms with Crippen LogP contribution in [-0.4, -0.2) is 42.9 Å². The normalized spacial score (nSPS) is 25.8. The fourth-order valence-corrected chi connectivity index (χ4v) is 2.83. The lowest BCUT2D eigenvalue weighted by Crippen LogP contribution is -2.49. The highest BCUT2D eigenvalue weighted by Gasteiger charge is 2.39. The van der Waals surface area contributed by atoms with E-state index in [1.807, 2.05) is 0 Å². The maximum atomic E-state index is 11.7. The number of carboxylic acids is 1. The fourth-order valence-electron chi connectivity index (χ4n) is 2.83. The van der Waals surface area contributed by atoms with E-state index < -0.39 is 11.4 Å². The van der Waals surface area contributed by atoms with Crippen LogP contribution in [0.25, 0.3) is 0 Å². The average molecular weight is 270 g/mol. The number of carbonyl (C=O) groups is 2. The third kappa shape index (κ3) is 3.59. The molecule has 6 heteroatoms. The van der Waals surface area contributed by atoms with E-state index >= 15 is 0 Å². The summed E-state index contributed by atoms with van der Waals surface area (Å²) in [6.07, 6.45) is 5.04. The van der Waals surface area contributed by atoms with Gasteiger partial charge in [0.25, 0.3) is 0 Å². The van der Waals surface area contributed by atoms with Gasteiger partial charge in [0.15, 0.2) is 0 Å². The van der Waals surface area contributed by atoms with Crippen LogP contribution >= 0.6 is 0 Å². The smallest absolute Gasteiger partial charge is 0.315 e. The molecule has 1 heterocycles. The molecule has 0 radical (unpaired) electrons. The SMILES string of the molecule is O=C(NCC1(C(=O)O)CCCCC1)NC1CCOC1. The van der Waals surface area contributed by atoms with Gasteiger partial charge >= 0.3 is 12.0 Å². The minimum Gasteiger partial charge on any atom is -0.481 e. The van der Waals surface area contributed by atoms with Crippen LogP contribution in [0.4, 0.5) is 4.79 Å². The van der Waals surface area contributed by atoms with Crippen molar-refractivity contribution in [3.05, 3.63) is 0 Å². The summed E-state index contributed by atoms with van der Waals surface area (Å²) >= 11 is 0. The van der Waals surface area contributed by atoms with Crippen molar-refractivity contribution in [2.45, 2.75) is 44.6 Å². The molecule has 1 aliphatic carbocycles. The van der Waals surface area contributed by atoms with Crippen molar-refractivity contribution in [1.29, 1.82) is 0 Å². The molecule has 0 aromatic rings. The number of carboxylic acid groups (broad SMARTS) is 1. The van der Waals surface area contributed by atoms with Gasteiger partial charge < -0.3 is 20.5 Å². The highest BCUT2D eigenvalue weighted by atomic mass is 16.5. The van der Waals surface area contributed by atoms with Crippen molar-refractivity contribution < 1.29 is 19.4 Å². The molecular weight excluding hydrogens is 248 g/mol. The number of aliphatic carboxylic acids is 1. The topological polar surface area (TPSA) is 87.7 Å². The molecule has 6 nitrogen and oxygen atoms in total. The Labute approximate surface area is 112 Å². The molecule has 1 atom stereocenters. The van der Waals surface area contributed by atoms with E-state index in [2.05, 4.69) is 10.6 Å². The van der Waals surface area contributed by atoms with Crippen LogP contribution in [-0.2, 0) is 9.53 Å². The summed E-state index contributed by atoms with van der Waals surface area (Å²) in [5.41, 5.74) is -0.776. The lowest BCUT2D eigenvalue weighted by Gasteiger charge is -2.33. The Morgan fingerprint density at radius 3 is 2.58 bits per heavy atom. The Hall–Kier alpha value is -1.30. The second-order valence-electron chi connectivity index (χ2n) is 5.53. The predicted molar refractivity (Wildman–Crippen MR) is 68.9 cm³/mol. The molecule has 3 N–H and O–H groups in total. The summed E-state index contributed by atoms with van der Waals surface area (Å²) in [5, 5.41) is 14.9. The van der Waals surface area contributed by atoms with Gasteiger partial charge in [-0.2, -0.15) is 0 Å². The first-order chi connectivity index (χ1) is 9.12. The van der Waals surface area contributed by atoms with Gasteiger partial charge in [-0.15, -0.1) is 0 Å². The first-order valence-electron chi connectivity index (χ1n) is 6.98. The van der Waals surface area contributed by atoms with Crippen LogP contribution in [0.15, 0.2) is 0 Å². The summed E-state index contributed by atoms with van der Waals surface area (Å²) in [6, 6.07) is -0.242. The zero-order valence-electron chi connectivity index (χ0n) is 11.1. The van der Waals surface area contributed by atoms with Crippen molar-refractivity contribution in [2.24, 2.45) is 5.41 Å². The lowest BCUT2D eigenvalue weighted by molar-refractivity contribution is -0.150. The molecule has 1 aliphatic heterocycles. The number of rotatable bonds is 4. The minimum absolute atomic E-state index is 0.0483. The zero-order valence-corrected chi connectivity index (χ0v) is 11.1. The van der Waals surface area contributed by atoms with Crippen molar-refractivity contribution in [2.75, 3.05) is 19.8 Å². The van der Waals surface area contributed by atoms with Gasteiger partial charge in [0.2, 0.25) is 0 Å². The van der Waals surface area contributed by atoms with Crippen LogP contribution in [0, 0.1) is 5.41 Å². The molecule has 0 spiro atoms. The Kier molecular flexibility index (Phi) is 4.63. The third-order valence-electron chi connectivity index (χ3n) is 4.12. The second kappa shape index (κ2) is 6.23. The number of ether oxygens (including phenoxy) is 1. The van der Waals surface area contributed by atoms with Crippen molar-refractivity contribution in [3.63, 3.8) is 0 Å². The van der Waals surface area contributed by atoms with Crippen molar-refractivity contribution >= 4 is 12.0 Å². The fraction of sp³-hybridized carbons (Fsp3) is 0.846. The first-order valence-corrected chi connectivity index (χ1v) is 6.98. The molecule has 0 aromatic carbocycles. The van der Waals surface area contributed by atoms with Crippen molar-refractivity contribution in [3.8, 4) is 0 Å². The number of urea groups is 1. The largest absolute Gasteiger partial charge is 0.481 e. The molecule has 1 saturated heterocycles. The van der Waals surface area contributed by atoms with E-state index in [1.165, 1.54) is 0 Å². The summed E-state index contributed by atoms with van der Waals surface area (Å²) in [5.74, 6) is -0.795. The van der Waals surface area contributed by atoms with Gasteiger partial charge in [0.05, 0.1) is 18.1 Å². The third-order valence-corrected chi connectivity index (χ3v) is 4.12. The Bertz CT molecular complexity index is 334. The quantitative estimate of drug-likeness (QED) is 0.714. The van der Waals surface area contributed by atoms with Gasteiger partial charge in [0, 0.05) is 13.2 Å². The zero-order chi connectivity index (χ0) is 13.7. The van der Waals surface area contributed by atoms with E-state index in [0.717, 1.165) is 25.7 Å². The highest BCUT2D eigenvalue weighted by Crippen LogP contribution is 2.35. The number of hydrogen-bond donors (Lipinski definition) is 3. The maximum absolute atomic E-state index is 11.7. The van der Waals surface area contributed by atoms with Crippen LogP contribution in [0.5, 0.6) is 0 Å². The van der Waals surface area contributed by atoms with E-state index in [-0.39, 0.29) is 18.6 Å². The number of carbonyl (C=O) groups excluding carboxylic acids is 1.